The lowest BCUT2D eigenvalue weighted by Crippen LogP contribution is -2.45. The first-order chi connectivity index (χ1) is 14.5. The van der Waals surface area contributed by atoms with E-state index in [2.05, 4.69) is 16.0 Å². The summed E-state index contributed by atoms with van der Waals surface area (Å²) in [6.07, 6.45) is 0. The van der Waals surface area contributed by atoms with E-state index in [0.29, 0.717) is 10.6 Å². The van der Waals surface area contributed by atoms with Crippen molar-refractivity contribution in [1.29, 1.82) is 0 Å². The minimum Gasteiger partial charge on any atom is -0.463 e. The number of anilines is 1. The largest absolute Gasteiger partial charge is 0.463 e. The maximum absolute atomic E-state index is 12.3. The summed E-state index contributed by atoms with van der Waals surface area (Å²) in [6.45, 7) is 1.53. The van der Waals surface area contributed by atoms with Crippen LogP contribution in [-0.2, 0) is 14.3 Å². The quantitative estimate of drug-likeness (QED) is 0.581. The molecule has 2 heterocycles. The number of rotatable bonds is 7. The van der Waals surface area contributed by atoms with Crippen LogP contribution in [0.3, 0.4) is 0 Å². The first kappa shape index (κ1) is 21.1. The molecule has 3 rings (SSSR count). The Kier molecular flexibility index (Phi) is 6.81. The molecule has 3 N–H and O–H groups in total. The lowest BCUT2D eigenvalue weighted by molar-refractivity contribution is -0.138. The number of thiophene rings is 1. The van der Waals surface area contributed by atoms with Gasteiger partial charge in [-0.05, 0) is 42.6 Å². The SMILES string of the molecule is CCOC(=O)C1=C(COC(=O)c2ccc(NC(=O)c3cccs3)cc2)NC(=O)NC1. The Morgan fingerprint density at radius 1 is 1.10 bits per heavy atom. The molecular formula is C20H19N3O6S. The van der Waals surface area contributed by atoms with Gasteiger partial charge in [-0.25, -0.2) is 14.4 Å². The van der Waals surface area contributed by atoms with E-state index in [1.165, 1.54) is 23.5 Å². The minimum absolute atomic E-state index is 0.0177. The van der Waals surface area contributed by atoms with E-state index in [9.17, 15) is 19.2 Å². The maximum atomic E-state index is 12.3. The molecule has 1 aromatic heterocycles. The van der Waals surface area contributed by atoms with E-state index in [4.69, 9.17) is 9.47 Å². The molecule has 0 bridgehead atoms. The highest BCUT2D eigenvalue weighted by Gasteiger charge is 2.24. The molecule has 9 nitrogen and oxygen atoms in total. The summed E-state index contributed by atoms with van der Waals surface area (Å²) in [5.74, 6) is -1.48. The zero-order valence-electron chi connectivity index (χ0n) is 16.0. The van der Waals surface area contributed by atoms with Crippen LogP contribution in [0, 0.1) is 0 Å². The van der Waals surface area contributed by atoms with Crippen LogP contribution in [0.25, 0.3) is 0 Å². The second-order valence-electron chi connectivity index (χ2n) is 6.07. The number of hydrogen-bond donors (Lipinski definition) is 3. The highest BCUT2D eigenvalue weighted by atomic mass is 32.1. The highest BCUT2D eigenvalue weighted by Crippen LogP contribution is 2.15. The van der Waals surface area contributed by atoms with Gasteiger partial charge in [-0.2, -0.15) is 0 Å². The summed E-state index contributed by atoms with van der Waals surface area (Å²) in [7, 11) is 0. The third-order valence-corrected chi connectivity index (χ3v) is 4.92. The van der Waals surface area contributed by atoms with Crippen molar-refractivity contribution in [2.45, 2.75) is 6.92 Å². The third kappa shape index (κ3) is 5.23. The van der Waals surface area contributed by atoms with E-state index in [-0.39, 0.29) is 42.5 Å². The monoisotopic (exact) mass is 429 g/mol. The van der Waals surface area contributed by atoms with Gasteiger partial charge in [0, 0.05) is 5.69 Å². The second-order valence-corrected chi connectivity index (χ2v) is 7.02. The van der Waals surface area contributed by atoms with Crippen LogP contribution >= 0.6 is 11.3 Å². The second kappa shape index (κ2) is 9.70. The van der Waals surface area contributed by atoms with Crippen LogP contribution in [0.4, 0.5) is 10.5 Å². The predicted molar refractivity (Wildman–Crippen MR) is 109 cm³/mol. The fourth-order valence-corrected chi connectivity index (χ4v) is 3.20. The molecule has 0 aliphatic carbocycles. The molecular weight excluding hydrogens is 410 g/mol. The molecule has 0 spiro atoms. The average molecular weight is 429 g/mol. The molecule has 0 radical (unpaired) electrons. The van der Waals surface area contributed by atoms with Crippen molar-refractivity contribution in [2.24, 2.45) is 0 Å². The van der Waals surface area contributed by atoms with Crippen LogP contribution < -0.4 is 16.0 Å². The molecule has 1 aliphatic rings. The minimum atomic E-state index is -0.644. The van der Waals surface area contributed by atoms with Crippen molar-refractivity contribution in [1.82, 2.24) is 10.6 Å². The topological polar surface area (TPSA) is 123 Å². The number of esters is 2. The molecule has 156 valence electrons. The third-order valence-electron chi connectivity index (χ3n) is 4.05. The van der Waals surface area contributed by atoms with Gasteiger partial charge < -0.3 is 25.4 Å². The summed E-state index contributed by atoms with van der Waals surface area (Å²) >= 11 is 1.33. The Hall–Kier alpha value is -3.66. The normalized spacial score (nSPS) is 13.2. The van der Waals surface area contributed by atoms with Crippen LogP contribution in [0.5, 0.6) is 0 Å². The Balaban J connectivity index is 1.61. The van der Waals surface area contributed by atoms with Gasteiger partial charge in [0.25, 0.3) is 5.91 Å². The molecule has 0 saturated heterocycles. The van der Waals surface area contributed by atoms with Gasteiger partial charge in [-0.3, -0.25) is 4.79 Å². The summed E-state index contributed by atoms with van der Waals surface area (Å²) < 4.78 is 10.2. The molecule has 1 aromatic carbocycles. The Bertz CT molecular complexity index is 982. The van der Waals surface area contributed by atoms with Gasteiger partial charge in [0.1, 0.15) is 6.61 Å². The molecule has 0 fully saturated rings. The van der Waals surface area contributed by atoms with Crippen molar-refractivity contribution >= 4 is 40.9 Å². The highest BCUT2D eigenvalue weighted by molar-refractivity contribution is 7.12. The maximum Gasteiger partial charge on any atom is 0.338 e. The van der Waals surface area contributed by atoms with E-state index in [1.807, 2.05) is 5.38 Å². The zero-order valence-corrected chi connectivity index (χ0v) is 16.8. The number of nitrogens with one attached hydrogen (secondary N) is 3. The van der Waals surface area contributed by atoms with Crippen molar-refractivity contribution in [3.8, 4) is 0 Å². The molecule has 3 amide bonds. The number of carbonyl (C=O) groups excluding carboxylic acids is 4. The number of urea groups is 1. The average Bonchev–Trinajstić information content (AvgIpc) is 3.28. The molecule has 0 saturated carbocycles. The van der Waals surface area contributed by atoms with Crippen LogP contribution in [0.15, 0.2) is 53.0 Å². The summed E-state index contributed by atoms with van der Waals surface area (Å²) in [5, 5.41) is 9.47. The lowest BCUT2D eigenvalue weighted by atomic mass is 10.1. The standard InChI is InChI=1S/C20H19N3O6S/c1-2-28-19(26)14-10-21-20(27)23-15(14)11-29-18(25)12-5-7-13(8-6-12)22-17(24)16-4-3-9-30-16/h3-9H,2,10-11H2,1H3,(H,22,24)(H2,21,23,27). The molecule has 0 unspecified atom stereocenters. The van der Waals surface area contributed by atoms with E-state index in [1.54, 1.807) is 31.2 Å². The van der Waals surface area contributed by atoms with Crippen molar-refractivity contribution in [3.05, 3.63) is 63.5 Å². The van der Waals surface area contributed by atoms with E-state index >= 15 is 0 Å². The first-order valence-corrected chi connectivity index (χ1v) is 9.92. The molecule has 1 aliphatic heterocycles. The van der Waals surface area contributed by atoms with Gasteiger partial charge in [-0.15, -0.1) is 11.3 Å². The van der Waals surface area contributed by atoms with Crippen LogP contribution in [0.2, 0.25) is 0 Å². The van der Waals surface area contributed by atoms with Gasteiger partial charge in [0.2, 0.25) is 0 Å². The molecule has 2 aromatic rings. The summed E-state index contributed by atoms with van der Waals surface area (Å²) in [5.41, 5.74) is 1.15. The molecule has 10 heteroatoms. The van der Waals surface area contributed by atoms with Crippen molar-refractivity contribution in [2.75, 3.05) is 25.1 Å². The molecule has 0 atom stereocenters. The number of benzene rings is 1. The Morgan fingerprint density at radius 3 is 2.53 bits per heavy atom. The van der Waals surface area contributed by atoms with Gasteiger partial charge in [0.15, 0.2) is 0 Å². The number of amides is 3. The van der Waals surface area contributed by atoms with Gasteiger partial charge in [-0.1, -0.05) is 6.07 Å². The number of ether oxygens (including phenoxy) is 2. The fraction of sp³-hybridized carbons (Fsp3) is 0.200. The zero-order chi connectivity index (χ0) is 21.5. The van der Waals surface area contributed by atoms with Crippen LogP contribution in [0.1, 0.15) is 27.0 Å². The van der Waals surface area contributed by atoms with Gasteiger partial charge in [0.05, 0.1) is 34.9 Å². The number of hydrogen-bond acceptors (Lipinski definition) is 7. The summed E-state index contributed by atoms with van der Waals surface area (Å²) in [6, 6.07) is 9.17. The smallest absolute Gasteiger partial charge is 0.338 e. The Labute approximate surface area is 176 Å². The van der Waals surface area contributed by atoms with E-state index < -0.39 is 18.0 Å². The lowest BCUT2D eigenvalue weighted by Gasteiger charge is -2.21. The fourth-order valence-electron chi connectivity index (χ4n) is 2.58. The van der Waals surface area contributed by atoms with Crippen molar-refractivity contribution in [3.63, 3.8) is 0 Å². The van der Waals surface area contributed by atoms with Crippen molar-refractivity contribution < 1.29 is 28.7 Å². The Morgan fingerprint density at radius 2 is 1.87 bits per heavy atom. The molecule has 30 heavy (non-hydrogen) atoms. The summed E-state index contributed by atoms with van der Waals surface area (Å²) in [4.78, 5) is 48.5. The first-order valence-electron chi connectivity index (χ1n) is 9.04. The van der Waals surface area contributed by atoms with Gasteiger partial charge >= 0.3 is 18.0 Å². The number of carbonyl (C=O) groups is 4. The van der Waals surface area contributed by atoms with E-state index in [0.717, 1.165) is 0 Å². The van der Waals surface area contributed by atoms with Crippen LogP contribution in [-0.4, -0.2) is 43.6 Å². The predicted octanol–water partition coefficient (Wildman–Crippen LogP) is 2.29.